The molecule has 0 saturated heterocycles. The molecule has 1 atom stereocenters. The molecule has 1 aliphatic carbocycles. The minimum atomic E-state index is -4.64. The normalized spacial score (nSPS) is 16.1. The summed E-state index contributed by atoms with van der Waals surface area (Å²) in [7, 11) is 0. The number of alkyl halides is 3. The summed E-state index contributed by atoms with van der Waals surface area (Å²) in [6, 6.07) is 6.95. The fourth-order valence-corrected chi connectivity index (χ4v) is 4.21. The highest BCUT2D eigenvalue weighted by atomic mass is 35.5. The lowest BCUT2D eigenvalue weighted by Crippen LogP contribution is -2.34. The van der Waals surface area contributed by atoms with Gasteiger partial charge in [0.2, 0.25) is 0 Å². The second-order valence-electron chi connectivity index (χ2n) is 7.29. The maximum Gasteiger partial charge on any atom is 0.417 e. The monoisotopic (exact) mass is 451 g/mol. The van der Waals surface area contributed by atoms with E-state index in [9.17, 15) is 27.9 Å². The highest BCUT2D eigenvalue weighted by Gasteiger charge is 2.33. The zero-order chi connectivity index (χ0) is 22.3. The number of aromatic carboxylic acids is 1. The van der Waals surface area contributed by atoms with E-state index in [0.29, 0.717) is 29.4 Å². The molecule has 0 bridgehead atoms. The maximum atomic E-state index is 13.0. The van der Waals surface area contributed by atoms with Crippen molar-refractivity contribution in [1.29, 1.82) is 0 Å². The van der Waals surface area contributed by atoms with Gasteiger partial charge < -0.3 is 20.7 Å². The highest BCUT2D eigenvalue weighted by molar-refractivity contribution is 6.31. The number of aryl methyl sites for hydroxylation is 1. The Morgan fingerprint density at radius 2 is 1.97 bits per heavy atom. The maximum absolute atomic E-state index is 13.0. The predicted molar refractivity (Wildman–Crippen MR) is 110 cm³/mol. The number of carbonyl (C=O) groups is 2. The van der Waals surface area contributed by atoms with E-state index >= 15 is 0 Å². The summed E-state index contributed by atoms with van der Waals surface area (Å²) in [5, 5.41) is 14.8. The number of carboxylic acid groups (broad SMARTS) is 1. The van der Waals surface area contributed by atoms with Gasteiger partial charge in [0.25, 0.3) is 0 Å². The van der Waals surface area contributed by atoms with Crippen LogP contribution in [0, 0.1) is 0 Å². The highest BCUT2D eigenvalue weighted by Crippen LogP contribution is 2.37. The summed E-state index contributed by atoms with van der Waals surface area (Å²) in [5.41, 5.74) is 1.29. The molecule has 1 aliphatic rings. The van der Waals surface area contributed by atoms with Gasteiger partial charge in [-0.25, -0.2) is 9.59 Å². The number of aromatic nitrogens is 1. The number of hydrogen-bond acceptors (Lipinski definition) is 2. The zero-order valence-electron chi connectivity index (χ0n) is 15.9. The molecule has 1 unspecified atom stereocenters. The van der Waals surface area contributed by atoms with Gasteiger partial charge in [0.1, 0.15) is 0 Å². The summed E-state index contributed by atoms with van der Waals surface area (Å²) in [6.07, 6.45) is -2.66. The molecule has 3 aromatic rings. The number of urea groups is 1. The van der Waals surface area contributed by atoms with Crippen LogP contribution in [0.15, 0.2) is 36.4 Å². The van der Waals surface area contributed by atoms with Crippen LogP contribution in [0.4, 0.5) is 23.7 Å². The van der Waals surface area contributed by atoms with E-state index in [-0.39, 0.29) is 11.3 Å². The van der Waals surface area contributed by atoms with E-state index in [0.717, 1.165) is 24.1 Å². The molecule has 6 nitrogen and oxygen atoms in total. The lowest BCUT2D eigenvalue weighted by molar-refractivity contribution is -0.137. The molecule has 0 aliphatic heterocycles. The van der Waals surface area contributed by atoms with E-state index < -0.39 is 34.8 Å². The van der Waals surface area contributed by atoms with Crippen LogP contribution in [-0.2, 0) is 12.6 Å². The van der Waals surface area contributed by atoms with Gasteiger partial charge in [0.15, 0.2) is 0 Å². The second kappa shape index (κ2) is 7.81. The number of fused-ring (bicyclic) bond motifs is 3. The van der Waals surface area contributed by atoms with E-state index in [4.69, 9.17) is 11.6 Å². The van der Waals surface area contributed by atoms with Crippen molar-refractivity contribution in [3.63, 3.8) is 0 Å². The second-order valence-corrected chi connectivity index (χ2v) is 7.69. The molecule has 0 saturated carbocycles. The van der Waals surface area contributed by atoms with Crippen LogP contribution in [0.1, 0.15) is 46.1 Å². The average molecular weight is 452 g/mol. The Morgan fingerprint density at radius 1 is 1.19 bits per heavy atom. The Balaban J connectivity index is 1.58. The first kappa shape index (κ1) is 21.0. The molecule has 10 heteroatoms. The Kier molecular flexibility index (Phi) is 5.30. The molecular weight excluding hydrogens is 435 g/mol. The lowest BCUT2D eigenvalue weighted by atomic mass is 9.90. The Hall–Kier alpha value is -3.20. The Labute approximate surface area is 179 Å². The quantitative estimate of drug-likeness (QED) is 0.409. The molecule has 1 aromatic heterocycles. The number of H-pyrrole nitrogens is 1. The number of rotatable bonds is 3. The number of aromatic amines is 1. The third-order valence-electron chi connectivity index (χ3n) is 5.29. The first-order valence-corrected chi connectivity index (χ1v) is 9.84. The summed E-state index contributed by atoms with van der Waals surface area (Å²) < 4.78 is 39.1. The van der Waals surface area contributed by atoms with Gasteiger partial charge in [-0.2, -0.15) is 13.2 Å². The topological polar surface area (TPSA) is 94.2 Å². The van der Waals surface area contributed by atoms with Gasteiger partial charge in [-0.15, -0.1) is 0 Å². The van der Waals surface area contributed by atoms with Crippen LogP contribution in [0.25, 0.3) is 10.9 Å². The van der Waals surface area contributed by atoms with Crippen molar-refractivity contribution in [3.8, 4) is 0 Å². The molecule has 31 heavy (non-hydrogen) atoms. The smallest absolute Gasteiger partial charge is 0.417 e. The van der Waals surface area contributed by atoms with Crippen LogP contribution >= 0.6 is 11.6 Å². The molecular formula is C21H17ClF3N3O3. The number of halogens is 4. The molecule has 2 amide bonds. The molecule has 4 rings (SSSR count). The molecule has 162 valence electrons. The van der Waals surface area contributed by atoms with Gasteiger partial charge in [0.05, 0.1) is 22.2 Å². The van der Waals surface area contributed by atoms with Crippen LogP contribution in [-0.4, -0.2) is 22.1 Å². The van der Waals surface area contributed by atoms with Crippen molar-refractivity contribution in [3.05, 3.63) is 63.8 Å². The van der Waals surface area contributed by atoms with Crippen LogP contribution in [0.2, 0.25) is 5.02 Å². The van der Waals surface area contributed by atoms with Crippen molar-refractivity contribution < 1.29 is 27.9 Å². The summed E-state index contributed by atoms with van der Waals surface area (Å²) in [6.45, 7) is 0. The molecule has 4 N–H and O–H groups in total. The molecule has 0 spiro atoms. The number of hydrogen-bond donors (Lipinski definition) is 4. The third kappa shape index (κ3) is 4.05. The first-order chi connectivity index (χ1) is 14.6. The van der Waals surface area contributed by atoms with E-state index in [1.165, 1.54) is 12.1 Å². The van der Waals surface area contributed by atoms with E-state index in [2.05, 4.69) is 15.6 Å². The van der Waals surface area contributed by atoms with Crippen molar-refractivity contribution in [2.75, 3.05) is 5.32 Å². The van der Waals surface area contributed by atoms with Gasteiger partial charge in [-0.1, -0.05) is 17.7 Å². The number of anilines is 1. The lowest BCUT2D eigenvalue weighted by Gasteiger charge is -2.24. The third-order valence-corrected chi connectivity index (χ3v) is 5.62. The van der Waals surface area contributed by atoms with Crippen molar-refractivity contribution in [1.82, 2.24) is 10.3 Å². The standard InChI is InChI=1S/C21H17ClF3N3O3/c22-14-8-7-10(9-13(14)21(23,24)25)26-20(31)28-16-6-1-3-11-17-12(19(29)30)4-2-5-15(17)27-18(11)16/h2,4-5,7-9,16,27H,1,3,6H2,(H,29,30)(H2,26,28,31). The summed E-state index contributed by atoms with van der Waals surface area (Å²) in [5.74, 6) is -1.04. The van der Waals surface area contributed by atoms with Gasteiger partial charge in [-0.3, -0.25) is 0 Å². The van der Waals surface area contributed by atoms with Crippen LogP contribution < -0.4 is 10.6 Å². The van der Waals surface area contributed by atoms with E-state index in [1.54, 1.807) is 12.1 Å². The largest absolute Gasteiger partial charge is 0.478 e. The van der Waals surface area contributed by atoms with E-state index in [1.807, 2.05) is 0 Å². The average Bonchev–Trinajstić information content (AvgIpc) is 3.08. The molecule has 0 fully saturated rings. The first-order valence-electron chi connectivity index (χ1n) is 9.46. The van der Waals surface area contributed by atoms with Gasteiger partial charge >= 0.3 is 18.2 Å². The fraction of sp³-hybridized carbons (Fsp3) is 0.238. The Bertz CT molecular complexity index is 1190. The number of nitrogens with one attached hydrogen (secondary N) is 3. The van der Waals surface area contributed by atoms with Crippen LogP contribution in [0.5, 0.6) is 0 Å². The number of carboxylic acids is 1. The van der Waals surface area contributed by atoms with Crippen molar-refractivity contribution in [2.24, 2.45) is 0 Å². The van der Waals surface area contributed by atoms with Gasteiger partial charge in [0, 0.05) is 22.3 Å². The number of benzene rings is 2. The number of carbonyl (C=O) groups excluding carboxylic acids is 1. The SMILES string of the molecule is O=C(Nc1ccc(Cl)c(C(F)(F)F)c1)NC1CCCc2c1[nH]c1cccc(C(=O)O)c21. The minimum Gasteiger partial charge on any atom is -0.478 e. The number of amides is 2. The molecule has 0 radical (unpaired) electrons. The predicted octanol–water partition coefficient (Wildman–Crippen LogP) is 5.74. The van der Waals surface area contributed by atoms with Crippen molar-refractivity contribution >= 4 is 40.2 Å². The van der Waals surface area contributed by atoms with Crippen molar-refractivity contribution in [2.45, 2.75) is 31.5 Å². The Morgan fingerprint density at radius 3 is 2.68 bits per heavy atom. The summed E-state index contributed by atoms with van der Waals surface area (Å²) in [4.78, 5) is 27.3. The fourth-order valence-electron chi connectivity index (χ4n) is 3.99. The minimum absolute atomic E-state index is 0.0462. The van der Waals surface area contributed by atoms with Gasteiger partial charge in [-0.05, 0) is 55.2 Å². The zero-order valence-corrected chi connectivity index (χ0v) is 16.7. The summed E-state index contributed by atoms with van der Waals surface area (Å²) >= 11 is 5.61. The van der Waals surface area contributed by atoms with Crippen LogP contribution in [0.3, 0.4) is 0 Å². The molecule has 1 heterocycles. The molecule has 2 aromatic carbocycles.